The Kier molecular flexibility index (Phi) is 2.46. The van der Waals surface area contributed by atoms with Crippen LogP contribution in [0.5, 0.6) is 0 Å². The van der Waals surface area contributed by atoms with Gasteiger partial charge in [-0.05, 0) is 12.1 Å². The van der Waals surface area contributed by atoms with Crippen molar-refractivity contribution in [1.82, 2.24) is 20.4 Å². The van der Waals surface area contributed by atoms with E-state index in [4.69, 9.17) is 0 Å². The summed E-state index contributed by atoms with van der Waals surface area (Å²) in [5, 5.41) is 20.6. The fourth-order valence-corrected chi connectivity index (χ4v) is 0.868. The molecule has 0 aliphatic carbocycles. The first-order chi connectivity index (χ1) is 6.95. The minimum absolute atomic E-state index is 0.812. The van der Waals surface area contributed by atoms with Gasteiger partial charge in [0.05, 0.1) is 23.8 Å². The highest BCUT2D eigenvalue weighted by Crippen LogP contribution is 1.88. The average molecular weight is 188 g/mol. The Morgan fingerprint density at radius 3 is 1.79 bits per heavy atom. The second-order valence-electron chi connectivity index (χ2n) is 2.51. The number of nitrogens with one attached hydrogen (secondary N) is 2. The minimum Gasteiger partial charge on any atom is -0.277 e. The van der Waals surface area contributed by atoms with Crippen molar-refractivity contribution in [2.75, 3.05) is 0 Å². The summed E-state index contributed by atoms with van der Waals surface area (Å²) in [5.74, 6) is 0. The molecule has 0 spiro atoms. The largest absolute Gasteiger partial charge is 0.277 e. The molecular formula is C8H8N6. The van der Waals surface area contributed by atoms with Crippen molar-refractivity contribution in [2.45, 2.75) is 0 Å². The van der Waals surface area contributed by atoms with E-state index < -0.39 is 0 Å². The molecule has 0 radical (unpaired) electrons. The lowest BCUT2D eigenvalue weighted by atomic mass is 10.5. The number of nitrogens with zero attached hydrogens (tertiary/aromatic N) is 4. The fraction of sp³-hybridized carbons (Fsp3) is 0. The molecule has 0 amide bonds. The van der Waals surface area contributed by atoms with E-state index in [2.05, 4.69) is 30.6 Å². The first-order valence-electron chi connectivity index (χ1n) is 4.00. The zero-order valence-electron chi connectivity index (χ0n) is 7.25. The lowest BCUT2D eigenvalue weighted by Crippen LogP contribution is -1.81. The van der Waals surface area contributed by atoms with Crippen molar-refractivity contribution in [1.29, 1.82) is 0 Å². The van der Waals surface area contributed by atoms with Crippen molar-refractivity contribution in [2.24, 2.45) is 10.2 Å². The molecule has 0 unspecified atom stereocenters. The van der Waals surface area contributed by atoms with Gasteiger partial charge in [0.1, 0.15) is 0 Å². The molecule has 70 valence electrons. The van der Waals surface area contributed by atoms with E-state index in [0.717, 1.165) is 11.4 Å². The van der Waals surface area contributed by atoms with Crippen molar-refractivity contribution >= 4 is 12.4 Å². The summed E-state index contributed by atoms with van der Waals surface area (Å²) in [6.07, 6.45) is 6.47. The van der Waals surface area contributed by atoms with Crippen LogP contribution in [0.4, 0.5) is 0 Å². The summed E-state index contributed by atoms with van der Waals surface area (Å²) in [6, 6.07) is 3.60. The molecule has 0 saturated carbocycles. The van der Waals surface area contributed by atoms with Gasteiger partial charge in [-0.2, -0.15) is 20.4 Å². The molecular weight excluding hydrogens is 180 g/mol. The SMILES string of the molecule is C(=N\N=C\c1ccn[nH]1)/c1ccn[nH]1. The highest BCUT2D eigenvalue weighted by Gasteiger charge is 1.85. The van der Waals surface area contributed by atoms with Gasteiger partial charge in [-0.3, -0.25) is 10.2 Å². The van der Waals surface area contributed by atoms with Gasteiger partial charge in [-0.25, -0.2) is 0 Å². The van der Waals surface area contributed by atoms with E-state index in [1.54, 1.807) is 37.0 Å². The molecule has 0 atom stereocenters. The maximum atomic E-state index is 3.81. The van der Waals surface area contributed by atoms with Crippen LogP contribution < -0.4 is 0 Å². The Labute approximate surface area is 79.8 Å². The smallest absolute Gasteiger partial charge is 0.0779 e. The van der Waals surface area contributed by atoms with Crippen molar-refractivity contribution < 1.29 is 0 Å². The Morgan fingerprint density at radius 2 is 1.43 bits per heavy atom. The lowest BCUT2D eigenvalue weighted by Gasteiger charge is -1.80. The quantitative estimate of drug-likeness (QED) is 0.545. The van der Waals surface area contributed by atoms with E-state index in [0.29, 0.717) is 0 Å². The van der Waals surface area contributed by atoms with Gasteiger partial charge < -0.3 is 0 Å². The predicted octanol–water partition coefficient (Wildman–Crippen LogP) is 0.586. The first-order valence-corrected chi connectivity index (χ1v) is 4.00. The minimum atomic E-state index is 0.812. The standard InChI is InChI=1S/C8H8N6/c1-3-9-13-7(1)5-11-12-6-8-2-4-10-14-8/h1-6H,(H,9,13)(H,10,14)/b11-5+,12-6+. The molecule has 2 aromatic heterocycles. The second-order valence-corrected chi connectivity index (χ2v) is 2.51. The molecule has 6 heteroatoms. The summed E-state index contributed by atoms with van der Waals surface area (Å²) in [6.45, 7) is 0. The molecule has 2 N–H and O–H groups in total. The highest BCUT2D eigenvalue weighted by atomic mass is 15.2. The van der Waals surface area contributed by atoms with Crippen molar-refractivity contribution in [3.8, 4) is 0 Å². The summed E-state index contributed by atoms with van der Waals surface area (Å²) < 4.78 is 0. The van der Waals surface area contributed by atoms with Crippen LogP contribution in [0, 0.1) is 0 Å². The third kappa shape index (κ3) is 2.13. The maximum absolute atomic E-state index is 3.81. The van der Waals surface area contributed by atoms with E-state index >= 15 is 0 Å². The summed E-state index contributed by atoms with van der Waals surface area (Å²) in [5.41, 5.74) is 1.62. The molecule has 14 heavy (non-hydrogen) atoms. The molecule has 2 aromatic rings. The van der Waals surface area contributed by atoms with Gasteiger partial charge in [0, 0.05) is 12.4 Å². The second kappa shape index (κ2) is 4.13. The van der Waals surface area contributed by atoms with Gasteiger partial charge >= 0.3 is 0 Å². The summed E-state index contributed by atoms with van der Waals surface area (Å²) in [7, 11) is 0. The molecule has 0 fully saturated rings. The van der Waals surface area contributed by atoms with Crippen LogP contribution in [0.15, 0.2) is 34.7 Å². The Bertz CT molecular complexity index is 368. The molecule has 2 rings (SSSR count). The zero-order chi connectivity index (χ0) is 9.64. The fourth-order valence-electron chi connectivity index (χ4n) is 0.868. The Hall–Kier alpha value is -2.24. The Balaban J connectivity index is 1.94. The number of aromatic nitrogens is 4. The number of hydrogen-bond donors (Lipinski definition) is 2. The summed E-state index contributed by atoms with van der Waals surface area (Å²) in [4.78, 5) is 0. The van der Waals surface area contributed by atoms with Crippen LogP contribution in [0.1, 0.15) is 11.4 Å². The monoisotopic (exact) mass is 188 g/mol. The number of aromatic amines is 2. The molecule has 0 saturated heterocycles. The van der Waals surface area contributed by atoms with Crippen LogP contribution in [0.2, 0.25) is 0 Å². The van der Waals surface area contributed by atoms with Crippen LogP contribution in [0.25, 0.3) is 0 Å². The number of H-pyrrole nitrogens is 2. The van der Waals surface area contributed by atoms with Gasteiger partial charge in [0.2, 0.25) is 0 Å². The van der Waals surface area contributed by atoms with Gasteiger partial charge in [0.25, 0.3) is 0 Å². The number of rotatable bonds is 3. The van der Waals surface area contributed by atoms with Crippen molar-refractivity contribution in [3.63, 3.8) is 0 Å². The average Bonchev–Trinajstić information content (AvgIpc) is 2.86. The van der Waals surface area contributed by atoms with E-state index in [9.17, 15) is 0 Å². The Morgan fingerprint density at radius 1 is 0.929 bits per heavy atom. The van der Waals surface area contributed by atoms with Gasteiger partial charge in [-0.1, -0.05) is 0 Å². The van der Waals surface area contributed by atoms with Crippen LogP contribution in [-0.4, -0.2) is 32.8 Å². The van der Waals surface area contributed by atoms with Gasteiger partial charge in [-0.15, -0.1) is 0 Å². The lowest BCUT2D eigenvalue weighted by molar-refractivity contribution is 1.08. The third-order valence-electron chi connectivity index (χ3n) is 1.50. The molecule has 0 aliphatic rings. The van der Waals surface area contributed by atoms with Crippen LogP contribution >= 0.6 is 0 Å². The highest BCUT2D eigenvalue weighted by molar-refractivity contribution is 5.79. The van der Waals surface area contributed by atoms with E-state index in [-0.39, 0.29) is 0 Å². The molecule has 2 heterocycles. The normalized spacial score (nSPS) is 11.7. The zero-order valence-corrected chi connectivity index (χ0v) is 7.25. The molecule has 0 bridgehead atoms. The maximum Gasteiger partial charge on any atom is 0.0779 e. The van der Waals surface area contributed by atoms with Crippen LogP contribution in [0.3, 0.4) is 0 Å². The predicted molar refractivity (Wildman–Crippen MR) is 52.4 cm³/mol. The first kappa shape index (κ1) is 8.36. The van der Waals surface area contributed by atoms with Gasteiger partial charge in [0.15, 0.2) is 0 Å². The van der Waals surface area contributed by atoms with E-state index in [1.165, 1.54) is 0 Å². The third-order valence-corrected chi connectivity index (χ3v) is 1.50. The molecule has 6 nitrogen and oxygen atoms in total. The van der Waals surface area contributed by atoms with Crippen molar-refractivity contribution in [3.05, 3.63) is 35.9 Å². The molecule has 0 aromatic carbocycles. The number of hydrogen-bond acceptors (Lipinski definition) is 4. The van der Waals surface area contributed by atoms with E-state index in [1.807, 2.05) is 0 Å². The molecule has 0 aliphatic heterocycles. The summed E-state index contributed by atoms with van der Waals surface area (Å²) >= 11 is 0. The van der Waals surface area contributed by atoms with Crippen LogP contribution in [-0.2, 0) is 0 Å². The topological polar surface area (TPSA) is 82.1 Å².